The van der Waals surface area contributed by atoms with Crippen LogP contribution in [0, 0.1) is 12.8 Å². The van der Waals surface area contributed by atoms with Gasteiger partial charge in [0.25, 0.3) is 10.0 Å². The molecule has 7 nitrogen and oxygen atoms in total. The lowest BCUT2D eigenvalue weighted by Gasteiger charge is -2.33. The number of hydrogen-bond donors (Lipinski definition) is 1. The molecule has 1 atom stereocenters. The van der Waals surface area contributed by atoms with Gasteiger partial charge in [-0.2, -0.15) is 8.42 Å². The number of rotatable bonds is 6. The number of carbonyl (C=O) groups is 1. The molecule has 1 aromatic carbocycles. The summed E-state index contributed by atoms with van der Waals surface area (Å²) >= 11 is 0. The smallest absolute Gasteiger partial charge is 0.285 e. The summed E-state index contributed by atoms with van der Waals surface area (Å²) in [7, 11) is -3.75. The van der Waals surface area contributed by atoms with Gasteiger partial charge in [-0.3, -0.25) is 4.79 Å². The molecule has 2 aliphatic rings. The maximum atomic E-state index is 13.0. The molecule has 2 aromatic rings. The number of carbonyl (C=O) groups excluding carboxylic acids is 1. The molecule has 0 saturated carbocycles. The molecule has 176 valence electrons. The summed E-state index contributed by atoms with van der Waals surface area (Å²) in [5.41, 5.74) is 2.51. The number of likely N-dealkylation sites (tertiary alicyclic amines) is 1. The largest absolute Gasteiger partial charge is 0.469 e. The standard InChI is InChI=1S/C25H31N3O4S/c1-4-22-23(19-9-7-17(2)8-10-19)33(30,31)27-24(22)28-13-11-20(12-14-28)25(29)26-18(3)16-21-6-5-15-32-21/h5-10,15,18,20H,4,11-14,16H2,1-3H3,(H,26,29)/t18-/m1/s1. The number of nitrogens with one attached hydrogen (secondary N) is 1. The lowest BCUT2D eigenvalue weighted by molar-refractivity contribution is -0.126. The Bertz CT molecular complexity index is 1160. The molecule has 0 spiro atoms. The second kappa shape index (κ2) is 9.55. The second-order valence-electron chi connectivity index (χ2n) is 8.87. The van der Waals surface area contributed by atoms with E-state index in [1.165, 1.54) is 0 Å². The number of amidine groups is 1. The molecule has 0 unspecified atom stereocenters. The van der Waals surface area contributed by atoms with Crippen LogP contribution in [-0.2, 0) is 21.2 Å². The zero-order chi connectivity index (χ0) is 23.6. The van der Waals surface area contributed by atoms with E-state index in [0.717, 1.165) is 16.9 Å². The minimum absolute atomic E-state index is 0.0160. The number of nitrogens with zero attached hydrogens (tertiary/aromatic N) is 2. The van der Waals surface area contributed by atoms with E-state index in [-0.39, 0.29) is 17.9 Å². The molecule has 1 amide bonds. The zero-order valence-electron chi connectivity index (χ0n) is 19.4. The van der Waals surface area contributed by atoms with Gasteiger partial charge in [-0.1, -0.05) is 36.8 Å². The Morgan fingerprint density at radius 1 is 1.21 bits per heavy atom. The fourth-order valence-electron chi connectivity index (χ4n) is 4.56. The van der Waals surface area contributed by atoms with E-state index in [4.69, 9.17) is 4.42 Å². The lowest BCUT2D eigenvalue weighted by atomic mass is 9.94. The van der Waals surface area contributed by atoms with Crippen molar-refractivity contribution in [1.82, 2.24) is 10.2 Å². The predicted octanol–water partition coefficient (Wildman–Crippen LogP) is 3.91. The Morgan fingerprint density at radius 2 is 1.91 bits per heavy atom. The van der Waals surface area contributed by atoms with E-state index in [2.05, 4.69) is 9.71 Å². The van der Waals surface area contributed by atoms with E-state index < -0.39 is 10.0 Å². The van der Waals surface area contributed by atoms with Crippen molar-refractivity contribution in [2.24, 2.45) is 10.3 Å². The maximum absolute atomic E-state index is 13.0. The van der Waals surface area contributed by atoms with Crippen LogP contribution in [0.1, 0.15) is 50.0 Å². The summed E-state index contributed by atoms with van der Waals surface area (Å²) < 4.78 is 35.4. The molecule has 1 saturated heterocycles. The molecule has 0 aliphatic carbocycles. The number of hydrogen-bond acceptors (Lipinski definition) is 5. The minimum Gasteiger partial charge on any atom is -0.469 e. The Hall–Kier alpha value is -2.87. The van der Waals surface area contributed by atoms with Crippen LogP contribution in [0.15, 0.2) is 57.0 Å². The summed E-state index contributed by atoms with van der Waals surface area (Å²) in [6, 6.07) is 11.3. The third-order valence-corrected chi connectivity index (χ3v) is 7.73. The fourth-order valence-corrected chi connectivity index (χ4v) is 6.09. The van der Waals surface area contributed by atoms with Gasteiger partial charge in [0.2, 0.25) is 5.91 Å². The van der Waals surface area contributed by atoms with Crippen molar-refractivity contribution < 1.29 is 17.6 Å². The highest BCUT2D eigenvalue weighted by molar-refractivity contribution is 8.00. The Morgan fingerprint density at radius 3 is 2.52 bits per heavy atom. The topological polar surface area (TPSA) is 92.0 Å². The van der Waals surface area contributed by atoms with Crippen molar-refractivity contribution in [3.63, 3.8) is 0 Å². The summed E-state index contributed by atoms with van der Waals surface area (Å²) in [6.45, 7) is 7.11. The first kappa shape index (κ1) is 23.3. The van der Waals surface area contributed by atoms with Gasteiger partial charge in [-0.05, 0) is 50.8 Å². The molecule has 1 aromatic heterocycles. The summed E-state index contributed by atoms with van der Waals surface area (Å²) in [5, 5.41) is 3.09. The summed E-state index contributed by atoms with van der Waals surface area (Å²) in [5.74, 6) is 1.34. The number of sulfonamides is 1. The third-order valence-electron chi connectivity index (χ3n) is 6.32. The van der Waals surface area contributed by atoms with Gasteiger partial charge in [0, 0.05) is 37.0 Å². The number of piperidine rings is 1. The highest BCUT2D eigenvalue weighted by Gasteiger charge is 2.36. The van der Waals surface area contributed by atoms with E-state index in [1.54, 1.807) is 6.26 Å². The van der Waals surface area contributed by atoms with Crippen LogP contribution in [0.4, 0.5) is 0 Å². The van der Waals surface area contributed by atoms with Crippen molar-refractivity contribution >= 4 is 26.7 Å². The zero-order valence-corrected chi connectivity index (χ0v) is 20.2. The van der Waals surface area contributed by atoms with Crippen LogP contribution in [0.25, 0.3) is 4.91 Å². The van der Waals surface area contributed by atoms with Gasteiger partial charge >= 0.3 is 0 Å². The fraction of sp³-hybridized carbons (Fsp3) is 0.440. The van der Waals surface area contributed by atoms with Crippen molar-refractivity contribution in [3.05, 3.63) is 65.1 Å². The summed E-state index contributed by atoms with van der Waals surface area (Å²) in [6.07, 6.45) is 4.18. The summed E-state index contributed by atoms with van der Waals surface area (Å²) in [4.78, 5) is 15.1. The Balaban J connectivity index is 1.42. The van der Waals surface area contributed by atoms with Gasteiger partial charge < -0.3 is 14.6 Å². The monoisotopic (exact) mass is 469 g/mol. The molecule has 1 N–H and O–H groups in total. The van der Waals surface area contributed by atoms with Gasteiger partial charge in [-0.25, -0.2) is 0 Å². The molecule has 8 heteroatoms. The molecule has 4 rings (SSSR count). The number of benzene rings is 1. The van der Waals surface area contributed by atoms with Crippen molar-refractivity contribution in [1.29, 1.82) is 0 Å². The normalized spacial score (nSPS) is 19.5. The van der Waals surface area contributed by atoms with E-state index in [0.29, 0.717) is 55.1 Å². The molecular weight excluding hydrogens is 438 g/mol. The first-order valence-corrected chi connectivity index (χ1v) is 13.0. The third kappa shape index (κ3) is 5.05. The highest BCUT2D eigenvalue weighted by atomic mass is 32.2. The number of aryl methyl sites for hydroxylation is 1. The SMILES string of the molecule is CCC1=C(c2ccc(C)cc2)S(=O)(=O)N=C1N1CCC(C(=O)N[C@H](C)Cc2ccco2)CC1. The molecule has 2 aliphatic heterocycles. The molecule has 33 heavy (non-hydrogen) atoms. The van der Waals surface area contributed by atoms with Crippen LogP contribution < -0.4 is 5.32 Å². The predicted molar refractivity (Wildman–Crippen MR) is 129 cm³/mol. The van der Waals surface area contributed by atoms with Gasteiger partial charge in [0.1, 0.15) is 16.5 Å². The molecule has 0 bridgehead atoms. The average molecular weight is 470 g/mol. The first-order valence-electron chi connectivity index (χ1n) is 11.5. The van der Waals surface area contributed by atoms with E-state index >= 15 is 0 Å². The van der Waals surface area contributed by atoms with Crippen molar-refractivity contribution in [3.8, 4) is 0 Å². The van der Waals surface area contributed by atoms with Crippen LogP contribution in [0.2, 0.25) is 0 Å². The number of amides is 1. The highest BCUT2D eigenvalue weighted by Crippen LogP contribution is 2.36. The molecule has 0 radical (unpaired) electrons. The van der Waals surface area contributed by atoms with Gasteiger partial charge in [0.15, 0.2) is 0 Å². The van der Waals surface area contributed by atoms with Crippen LogP contribution in [0.5, 0.6) is 0 Å². The Labute approximate surface area is 195 Å². The van der Waals surface area contributed by atoms with Gasteiger partial charge in [-0.15, -0.1) is 4.40 Å². The average Bonchev–Trinajstić information content (AvgIpc) is 3.39. The lowest BCUT2D eigenvalue weighted by Crippen LogP contribution is -2.45. The maximum Gasteiger partial charge on any atom is 0.285 e. The van der Waals surface area contributed by atoms with E-state index in [9.17, 15) is 13.2 Å². The molecular formula is C25H31N3O4S. The van der Waals surface area contributed by atoms with Crippen LogP contribution >= 0.6 is 0 Å². The molecule has 1 fully saturated rings. The van der Waals surface area contributed by atoms with Crippen molar-refractivity contribution in [2.45, 2.75) is 52.5 Å². The quantitative estimate of drug-likeness (QED) is 0.693. The Kier molecular flexibility index (Phi) is 6.74. The second-order valence-corrected chi connectivity index (χ2v) is 10.4. The first-order chi connectivity index (χ1) is 15.8. The van der Waals surface area contributed by atoms with E-state index in [1.807, 2.05) is 62.1 Å². The van der Waals surface area contributed by atoms with Crippen LogP contribution in [0.3, 0.4) is 0 Å². The van der Waals surface area contributed by atoms with Crippen LogP contribution in [-0.4, -0.2) is 44.2 Å². The molecule has 3 heterocycles. The van der Waals surface area contributed by atoms with Gasteiger partial charge in [0.05, 0.1) is 6.26 Å². The minimum atomic E-state index is -3.75. The van der Waals surface area contributed by atoms with Crippen molar-refractivity contribution in [2.75, 3.05) is 13.1 Å². The number of furan rings is 1.